The van der Waals surface area contributed by atoms with E-state index >= 15 is 0 Å². The average molecular weight is 255 g/mol. The Balaban J connectivity index is 4.02. The lowest BCUT2D eigenvalue weighted by molar-refractivity contribution is 0.148. The summed E-state index contributed by atoms with van der Waals surface area (Å²) in [6.45, 7) is 12.1. The lowest BCUT2D eigenvalue weighted by Crippen LogP contribution is -2.45. The first kappa shape index (κ1) is 17.4. The summed E-state index contributed by atoms with van der Waals surface area (Å²) in [5.74, 6) is 0. The number of rotatable bonds is 10. The van der Waals surface area contributed by atoms with Crippen LogP contribution in [0.2, 0.25) is 0 Å². The van der Waals surface area contributed by atoms with Crippen molar-refractivity contribution in [2.45, 2.75) is 52.1 Å². The van der Waals surface area contributed by atoms with Crippen molar-refractivity contribution in [2.24, 2.45) is 0 Å². The fraction of sp³-hybridized carbons (Fsp3) is 0.929. The van der Waals surface area contributed by atoms with Gasteiger partial charge in [-0.05, 0) is 46.7 Å². The van der Waals surface area contributed by atoms with Crippen LogP contribution in [0.5, 0.6) is 0 Å². The lowest BCUT2D eigenvalue weighted by atomic mass is 9.96. The molecule has 0 heterocycles. The molecule has 0 bridgehead atoms. The highest BCUT2D eigenvalue weighted by Gasteiger charge is 2.23. The molecule has 0 saturated heterocycles. The Bertz CT molecular complexity index is 250. The van der Waals surface area contributed by atoms with E-state index in [1.54, 1.807) is 7.11 Å². The van der Waals surface area contributed by atoms with Crippen LogP contribution >= 0.6 is 0 Å². The van der Waals surface area contributed by atoms with Gasteiger partial charge >= 0.3 is 0 Å². The number of methoxy groups -OCH3 is 1. The highest BCUT2D eigenvalue weighted by Crippen LogP contribution is 2.12. The van der Waals surface area contributed by atoms with E-state index in [1.807, 2.05) is 6.92 Å². The monoisotopic (exact) mass is 255 g/mol. The second-order valence-electron chi connectivity index (χ2n) is 5.27. The Kier molecular flexibility index (Phi) is 8.99. The normalized spacial score (nSPS) is 14.8. The summed E-state index contributed by atoms with van der Waals surface area (Å²) in [5, 5.41) is 12.6. The number of nitrogens with zero attached hydrogens (tertiary/aromatic N) is 2. The third kappa shape index (κ3) is 7.65. The van der Waals surface area contributed by atoms with Gasteiger partial charge in [0.1, 0.15) is 5.54 Å². The molecule has 0 aromatic heterocycles. The van der Waals surface area contributed by atoms with Crippen LogP contribution < -0.4 is 5.32 Å². The molecule has 0 radical (unpaired) electrons. The molecule has 0 aliphatic carbocycles. The van der Waals surface area contributed by atoms with Crippen molar-refractivity contribution in [3.05, 3.63) is 0 Å². The minimum Gasteiger partial charge on any atom is -0.383 e. The molecule has 0 rings (SSSR count). The Morgan fingerprint density at radius 2 is 2.06 bits per heavy atom. The summed E-state index contributed by atoms with van der Waals surface area (Å²) in [4.78, 5) is 2.36. The SMILES string of the molecule is CCN(CCCC(C)(C#N)NC(C)C)CCOC. The van der Waals surface area contributed by atoms with Gasteiger partial charge in [0.25, 0.3) is 0 Å². The Labute approximate surface area is 112 Å². The molecule has 4 nitrogen and oxygen atoms in total. The predicted molar refractivity (Wildman–Crippen MR) is 75.5 cm³/mol. The Morgan fingerprint density at radius 3 is 2.50 bits per heavy atom. The van der Waals surface area contributed by atoms with Gasteiger partial charge in [0, 0.05) is 19.7 Å². The van der Waals surface area contributed by atoms with Crippen molar-refractivity contribution >= 4 is 0 Å². The fourth-order valence-electron chi connectivity index (χ4n) is 2.10. The fourth-order valence-corrected chi connectivity index (χ4v) is 2.10. The van der Waals surface area contributed by atoms with Gasteiger partial charge in [-0.15, -0.1) is 0 Å². The first-order valence-corrected chi connectivity index (χ1v) is 6.87. The van der Waals surface area contributed by atoms with Crippen molar-refractivity contribution in [2.75, 3.05) is 33.4 Å². The van der Waals surface area contributed by atoms with E-state index in [-0.39, 0.29) is 0 Å². The molecule has 1 unspecified atom stereocenters. The Morgan fingerprint density at radius 1 is 1.39 bits per heavy atom. The average Bonchev–Trinajstić information content (AvgIpc) is 2.32. The molecule has 0 spiro atoms. The zero-order chi connectivity index (χ0) is 14.0. The number of nitrogens with one attached hydrogen (secondary N) is 1. The molecule has 0 aliphatic rings. The molecule has 0 aliphatic heterocycles. The molecule has 18 heavy (non-hydrogen) atoms. The van der Waals surface area contributed by atoms with E-state index in [9.17, 15) is 5.26 Å². The molecule has 1 N–H and O–H groups in total. The number of likely N-dealkylation sites (N-methyl/N-ethyl adjacent to an activating group) is 1. The van der Waals surface area contributed by atoms with E-state index in [0.717, 1.165) is 39.1 Å². The van der Waals surface area contributed by atoms with Gasteiger partial charge in [-0.2, -0.15) is 5.26 Å². The molecular formula is C14H29N3O. The van der Waals surface area contributed by atoms with Crippen LogP contribution in [0.1, 0.15) is 40.5 Å². The minimum absolute atomic E-state index is 0.338. The molecule has 0 saturated carbocycles. The van der Waals surface area contributed by atoms with Gasteiger partial charge in [-0.3, -0.25) is 5.32 Å². The third-order valence-corrected chi connectivity index (χ3v) is 3.06. The van der Waals surface area contributed by atoms with Crippen LogP contribution in [-0.4, -0.2) is 49.8 Å². The standard InChI is InChI=1S/C14H29N3O/c1-6-17(10-11-18-5)9-7-8-14(4,12-15)16-13(2)3/h13,16H,6-11H2,1-5H3. The minimum atomic E-state index is -0.408. The summed E-state index contributed by atoms with van der Waals surface area (Å²) >= 11 is 0. The van der Waals surface area contributed by atoms with E-state index in [2.05, 4.69) is 37.1 Å². The van der Waals surface area contributed by atoms with Gasteiger partial charge in [-0.25, -0.2) is 0 Å². The van der Waals surface area contributed by atoms with Crippen molar-refractivity contribution in [3.63, 3.8) is 0 Å². The van der Waals surface area contributed by atoms with Crippen molar-refractivity contribution < 1.29 is 4.74 Å². The lowest BCUT2D eigenvalue weighted by Gasteiger charge is -2.27. The largest absolute Gasteiger partial charge is 0.383 e. The van der Waals surface area contributed by atoms with E-state index < -0.39 is 5.54 Å². The Hall–Kier alpha value is -0.630. The number of nitriles is 1. The predicted octanol–water partition coefficient (Wildman–Crippen LogP) is 2.02. The van der Waals surface area contributed by atoms with E-state index in [0.29, 0.717) is 6.04 Å². The molecule has 0 amide bonds. The molecule has 1 atom stereocenters. The van der Waals surface area contributed by atoms with Gasteiger partial charge in [0.05, 0.1) is 12.7 Å². The van der Waals surface area contributed by atoms with Crippen LogP contribution in [-0.2, 0) is 4.74 Å². The van der Waals surface area contributed by atoms with Crippen molar-refractivity contribution in [3.8, 4) is 6.07 Å². The maximum absolute atomic E-state index is 9.25. The van der Waals surface area contributed by atoms with Crippen LogP contribution in [0, 0.1) is 11.3 Å². The van der Waals surface area contributed by atoms with E-state index in [1.165, 1.54) is 0 Å². The van der Waals surface area contributed by atoms with Crippen molar-refractivity contribution in [1.29, 1.82) is 5.26 Å². The zero-order valence-electron chi connectivity index (χ0n) is 12.6. The zero-order valence-corrected chi connectivity index (χ0v) is 12.6. The summed E-state index contributed by atoms with van der Waals surface area (Å²) in [6, 6.07) is 2.73. The van der Waals surface area contributed by atoms with Gasteiger partial charge < -0.3 is 9.64 Å². The van der Waals surface area contributed by atoms with Crippen LogP contribution in [0.3, 0.4) is 0 Å². The molecule has 0 aromatic carbocycles. The molecular weight excluding hydrogens is 226 g/mol. The molecule has 0 aromatic rings. The first-order valence-electron chi connectivity index (χ1n) is 6.87. The second-order valence-corrected chi connectivity index (χ2v) is 5.27. The van der Waals surface area contributed by atoms with Gasteiger partial charge in [-0.1, -0.05) is 6.92 Å². The summed E-state index contributed by atoms with van der Waals surface area (Å²) in [7, 11) is 1.73. The first-order chi connectivity index (χ1) is 8.47. The van der Waals surface area contributed by atoms with E-state index in [4.69, 9.17) is 4.74 Å². The summed E-state index contributed by atoms with van der Waals surface area (Å²) in [6.07, 6.45) is 1.91. The number of ether oxygens (including phenoxy) is 1. The van der Waals surface area contributed by atoms with Crippen LogP contribution in [0.15, 0.2) is 0 Å². The maximum atomic E-state index is 9.25. The summed E-state index contributed by atoms with van der Waals surface area (Å²) in [5.41, 5.74) is -0.408. The van der Waals surface area contributed by atoms with Crippen LogP contribution in [0.4, 0.5) is 0 Å². The molecule has 4 heteroatoms. The highest BCUT2D eigenvalue weighted by molar-refractivity contribution is 5.04. The van der Waals surface area contributed by atoms with Crippen LogP contribution in [0.25, 0.3) is 0 Å². The van der Waals surface area contributed by atoms with Gasteiger partial charge in [0.2, 0.25) is 0 Å². The quantitative estimate of drug-likeness (QED) is 0.649. The number of hydrogen-bond acceptors (Lipinski definition) is 4. The summed E-state index contributed by atoms with van der Waals surface area (Å²) < 4.78 is 5.09. The number of hydrogen-bond donors (Lipinski definition) is 1. The maximum Gasteiger partial charge on any atom is 0.104 e. The molecule has 0 fully saturated rings. The highest BCUT2D eigenvalue weighted by atomic mass is 16.5. The van der Waals surface area contributed by atoms with Crippen molar-refractivity contribution in [1.82, 2.24) is 10.2 Å². The second kappa shape index (κ2) is 9.32. The van der Waals surface area contributed by atoms with Gasteiger partial charge in [0.15, 0.2) is 0 Å². The third-order valence-electron chi connectivity index (χ3n) is 3.06. The smallest absolute Gasteiger partial charge is 0.104 e. The molecule has 106 valence electrons. The topological polar surface area (TPSA) is 48.3 Å².